The van der Waals surface area contributed by atoms with Crippen molar-refractivity contribution in [3.8, 4) is 5.75 Å². The van der Waals surface area contributed by atoms with Crippen LogP contribution in [0.3, 0.4) is 0 Å². The van der Waals surface area contributed by atoms with Crippen LogP contribution in [0.4, 0.5) is 18.9 Å². The van der Waals surface area contributed by atoms with Crippen molar-refractivity contribution in [1.29, 1.82) is 0 Å². The Hall–Kier alpha value is -1.39. The predicted octanol–water partition coefficient (Wildman–Crippen LogP) is 4.58. The molecule has 0 atom stereocenters. The summed E-state index contributed by atoms with van der Waals surface area (Å²) in [5.74, 6) is 0.496. The van der Waals surface area contributed by atoms with E-state index < -0.39 is 6.36 Å². The summed E-state index contributed by atoms with van der Waals surface area (Å²) >= 11 is 0. The van der Waals surface area contributed by atoms with Crippen molar-refractivity contribution >= 4 is 5.69 Å². The molecule has 0 radical (unpaired) electrons. The molecule has 1 aliphatic carbocycles. The van der Waals surface area contributed by atoms with E-state index in [-0.39, 0.29) is 5.75 Å². The lowest BCUT2D eigenvalue weighted by Crippen LogP contribution is -2.18. The van der Waals surface area contributed by atoms with Crippen LogP contribution in [0.15, 0.2) is 24.3 Å². The van der Waals surface area contributed by atoms with E-state index in [1.165, 1.54) is 44.2 Å². The molecule has 0 unspecified atom stereocenters. The Morgan fingerprint density at radius 2 is 1.68 bits per heavy atom. The molecule has 1 fully saturated rings. The van der Waals surface area contributed by atoms with Gasteiger partial charge in [0.15, 0.2) is 0 Å². The Bertz CT molecular complexity index is 383. The highest BCUT2D eigenvalue weighted by molar-refractivity contribution is 5.46. The highest BCUT2D eigenvalue weighted by Gasteiger charge is 2.30. The molecule has 19 heavy (non-hydrogen) atoms. The van der Waals surface area contributed by atoms with Gasteiger partial charge in [0.2, 0.25) is 0 Å². The molecule has 1 aromatic rings. The molecule has 2 rings (SSSR count). The minimum Gasteiger partial charge on any atom is -0.406 e. The highest BCUT2D eigenvalue weighted by Crippen LogP contribution is 2.26. The molecular formula is C14H18F3NO. The fourth-order valence-corrected chi connectivity index (χ4v) is 2.43. The lowest BCUT2D eigenvalue weighted by molar-refractivity contribution is -0.274. The van der Waals surface area contributed by atoms with E-state index in [1.807, 2.05) is 0 Å². The summed E-state index contributed by atoms with van der Waals surface area (Å²) in [7, 11) is 0. The first-order valence-corrected chi connectivity index (χ1v) is 6.62. The monoisotopic (exact) mass is 273 g/mol. The first-order valence-electron chi connectivity index (χ1n) is 6.62. The molecule has 2 nitrogen and oxygen atoms in total. The molecule has 1 aliphatic rings. The summed E-state index contributed by atoms with van der Waals surface area (Å²) in [5, 5.41) is 3.27. The molecule has 1 aromatic carbocycles. The zero-order chi connectivity index (χ0) is 13.7. The van der Waals surface area contributed by atoms with Crippen LogP contribution in [0.2, 0.25) is 0 Å². The van der Waals surface area contributed by atoms with Gasteiger partial charge in [-0.2, -0.15) is 0 Å². The van der Waals surface area contributed by atoms with Crippen LogP contribution < -0.4 is 10.1 Å². The van der Waals surface area contributed by atoms with E-state index in [4.69, 9.17) is 0 Å². The maximum absolute atomic E-state index is 12.0. The number of anilines is 1. The minimum absolute atomic E-state index is 0.185. The van der Waals surface area contributed by atoms with Crippen molar-refractivity contribution in [2.45, 2.75) is 38.5 Å². The average molecular weight is 273 g/mol. The first kappa shape index (κ1) is 14.0. The highest BCUT2D eigenvalue weighted by atomic mass is 19.4. The van der Waals surface area contributed by atoms with Crippen LogP contribution in [-0.4, -0.2) is 12.9 Å². The Morgan fingerprint density at radius 1 is 1.05 bits per heavy atom. The molecule has 0 aliphatic heterocycles. The van der Waals surface area contributed by atoms with E-state index in [2.05, 4.69) is 10.1 Å². The second-order valence-electron chi connectivity index (χ2n) is 4.96. The van der Waals surface area contributed by atoms with Gasteiger partial charge in [-0.15, -0.1) is 13.2 Å². The van der Waals surface area contributed by atoms with E-state index in [1.54, 1.807) is 12.1 Å². The van der Waals surface area contributed by atoms with Gasteiger partial charge >= 0.3 is 6.36 Å². The largest absolute Gasteiger partial charge is 0.573 e. The molecule has 0 heterocycles. The van der Waals surface area contributed by atoms with Crippen LogP contribution in [0.1, 0.15) is 32.1 Å². The third-order valence-electron chi connectivity index (χ3n) is 3.41. The second-order valence-corrected chi connectivity index (χ2v) is 4.96. The fourth-order valence-electron chi connectivity index (χ4n) is 2.43. The van der Waals surface area contributed by atoms with Crippen molar-refractivity contribution < 1.29 is 17.9 Å². The Balaban J connectivity index is 1.81. The number of ether oxygens (including phenoxy) is 1. The zero-order valence-corrected chi connectivity index (χ0v) is 10.7. The smallest absolute Gasteiger partial charge is 0.406 e. The first-order chi connectivity index (χ1) is 9.03. The second kappa shape index (κ2) is 6.17. The maximum atomic E-state index is 12.0. The van der Waals surface area contributed by atoms with Gasteiger partial charge < -0.3 is 10.1 Å². The topological polar surface area (TPSA) is 21.3 Å². The standard InChI is InChI=1S/C14H18F3NO/c15-14(16,17)19-13-8-6-12(7-9-13)18-10-11-4-2-1-3-5-11/h6-9,11,18H,1-5,10H2. The Morgan fingerprint density at radius 3 is 2.26 bits per heavy atom. The third kappa shape index (κ3) is 5.01. The average Bonchev–Trinajstić information content (AvgIpc) is 2.37. The van der Waals surface area contributed by atoms with Crippen LogP contribution in [0, 0.1) is 5.92 Å². The molecule has 0 saturated heterocycles. The number of hydrogen-bond acceptors (Lipinski definition) is 2. The number of alkyl halides is 3. The molecular weight excluding hydrogens is 255 g/mol. The predicted molar refractivity (Wildman–Crippen MR) is 68.2 cm³/mol. The fraction of sp³-hybridized carbons (Fsp3) is 0.571. The Kier molecular flexibility index (Phi) is 4.56. The number of hydrogen-bond donors (Lipinski definition) is 1. The lowest BCUT2D eigenvalue weighted by atomic mass is 9.89. The molecule has 5 heteroatoms. The summed E-state index contributed by atoms with van der Waals surface area (Å²) in [4.78, 5) is 0. The van der Waals surface area contributed by atoms with Gasteiger partial charge in [0, 0.05) is 12.2 Å². The van der Waals surface area contributed by atoms with Gasteiger partial charge in [0.1, 0.15) is 5.75 Å². The quantitative estimate of drug-likeness (QED) is 0.867. The number of benzene rings is 1. The van der Waals surface area contributed by atoms with Crippen molar-refractivity contribution in [2.75, 3.05) is 11.9 Å². The van der Waals surface area contributed by atoms with Gasteiger partial charge in [-0.1, -0.05) is 19.3 Å². The molecule has 0 amide bonds. The van der Waals surface area contributed by atoms with Gasteiger partial charge in [-0.05, 0) is 43.0 Å². The van der Waals surface area contributed by atoms with Crippen LogP contribution >= 0.6 is 0 Å². The molecule has 0 bridgehead atoms. The van der Waals surface area contributed by atoms with Crippen LogP contribution in [-0.2, 0) is 0 Å². The van der Waals surface area contributed by atoms with Crippen LogP contribution in [0.25, 0.3) is 0 Å². The molecule has 1 saturated carbocycles. The summed E-state index contributed by atoms with van der Waals surface area (Å²) < 4.78 is 39.8. The number of nitrogens with one attached hydrogen (secondary N) is 1. The van der Waals surface area contributed by atoms with Crippen molar-refractivity contribution in [3.63, 3.8) is 0 Å². The van der Waals surface area contributed by atoms with Gasteiger partial charge in [0.05, 0.1) is 0 Å². The Labute approximate surface area is 111 Å². The van der Waals surface area contributed by atoms with Gasteiger partial charge in [-0.3, -0.25) is 0 Å². The lowest BCUT2D eigenvalue weighted by Gasteiger charge is -2.22. The van der Waals surface area contributed by atoms with E-state index >= 15 is 0 Å². The van der Waals surface area contributed by atoms with Gasteiger partial charge in [-0.25, -0.2) is 0 Å². The normalized spacial score (nSPS) is 17.2. The van der Waals surface area contributed by atoms with Crippen molar-refractivity contribution in [1.82, 2.24) is 0 Å². The molecule has 0 spiro atoms. The SMILES string of the molecule is FC(F)(F)Oc1ccc(NCC2CCCCC2)cc1. The minimum atomic E-state index is -4.63. The van der Waals surface area contributed by atoms with E-state index in [0.717, 1.165) is 12.2 Å². The molecule has 0 aromatic heterocycles. The summed E-state index contributed by atoms with van der Waals surface area (Å²) in [6.07, 6.45) is 1.73. The molecule has 106 valence electrons. The number of rotatable bonds is 4. The van der Waals surface area contributed by atoms with Crippen molar-refractivity contribution in [3.05, 3.63) is 24.3 Å². The van der Waals surface area contributed by atoms with Crippen LogP contribution in [0.5, 0.6) is 5.75 Å². The van der Waals surface area contributed by atoms with E-state index in [0.29, 0.717) is 5.92 Å². The molecule has 1 N–H and O–H groups in total. The van der Waals surface area contributed by atoms with Crippen molar-refractivity contribution in [2.24, 2.45) is 5.92 Å². The third-order valence-corrected chi connectivity index (χ3v) is 3.41. The summed E-state index contributed by atoms with van der Waals surface area (Å²) in [6.45, 7) is 0.888. The van der Waals surface area contributed by atoms with Gasteiger partial charge in [0.25, 0.3) is 0 Å². The summed E-state index contributed by atoms with van der Waals surface area (Å²) in [6, 6.07) is 5.89. The summed E-state index contributed by atoms with van der Waals surface area (Å²) in [5.41, 5.74) is 0.833. The number of halogens is 3. The van der Waals surface area contributed by atoms with E-state index in [9.17, 15) is 13.2 Å². The maximum Gasteiger partial charge on any atom is 0.573 e. The zero-order valence-electron chi connectivity index (χ0n) is 10.7.